The third kappa shape index (κ3) is 6.75. The summed E-state index contributed by atoms with van der Waals surface area (Å²) in [6.45, 7) is 5.57. The van der Waals surface area contributed by atoms with E-state index in [2.05, 4.69) is 17.6 Å². The molecule has 0 fully saturated rings. The lowest BCUT2D eigenvalue weighted by Crippen LogP contribution is -2.21. The lowest BCUT2D eigenvalue weighted by Gasteiger charge is -2.10. The molecule has 5 heteroatoms. The third-order valence-electron chi connectivity index (χ3n) is 3.50. The first-order valence-corrected chi connectivity index (χ1v) is 8.70. The van der Waals surface area contributed by atoms with Gasteiger partial charge in [-0.15, -0.1) is 0 Å². The van der Waals surface area contributed by atoms with Gasteiger partial charge in [0.25, 0.3) is 0 Å². The Balaban J connectivity index is 1.78. The van der Waals surface area contributed by atoms with Crippen molar-refractivity contribution in [1.29, 1.82) is 0 Å². The van der Waals surface area contributed by atoms with Crippen molar-refractivity contribution in [3.05, 3.63) is 48.5 Å². The topological polar surface area (TPSA) is 59.6 Å². The number of nitrogens with one attached hydrogen (secondary N) is 2. The van der Waals surface area contributed by atoms with Crippen molar-refractivity contribution in [2.45, 2.75) is 26.7 Å². The lowest BCUT2D eigenvalue weighted by atomic mass is 10.3. The molecule has 0 spiro atoms. The van der Waals surface area contributed by atoms with Crippen LogP contribution >= 0.6 is 0 Å². The second-order valence-corrected chi connectivity index (χ2v) is 5.59. The van der Waals surface area contributed by atoms with Gasteiger partial charge in [-0.05, 0) is 49.7 Å². The highest BCUT2D eigenvalue weighted by Crippen LogP contribution is 2.18. The highest BCUT2D eigenvalue weighted by Gasteiger charge is 2.04. The molecular formula is C20H26N2O3. The minimum Gasteiger partial charge on any atom is -0.494 e. The number of benzene rings is 2. The molecule has 25 heavy (non-hydrogen) atoms. The largest absolute Gasteiger partial charge is 0.494 e. The van der Waals surface area contributed by atoms with Crippen LogP contribution in [0.2, 0.25) is 0 Å². The van der Waals surface area contributed by atoms with Gasteiger partial charge < -0.3 is 20.1 Å². The number of carbonyl (C=O) groups is 1. The second-order valence-electron chi connectivity index (χ2n) is 5.59. The van der Waals surface area contributed by atoms with Crippen LogP contribution in [0.4, 0.5) is 11.4 Å². The second kappa shape index (κ2) is 10.2. The average Bonchev–Trinajstić information content (AvgIpc) is 2.62. The van der Waals surface area contributed by atoms with Crippen LogP contribution in [0.25, 0.3) is 0 Å². The van der Waals surface area contributed by atoms with Crippen molar-refractivity contribution < 1.29 is 14.3 Å². The zero-order valence-electron chi connectivity index (χ0n) is 14.9. The molecule has 2 aromatic rings. The van der Waals surface area contributed by atoms with Crippen molar-refractivity contribution in [3.8, 4) is 11.5 Å². The first-order valence-electron chi connectivity index (χ1n) is 8.70. The van der Waals surface area contributed by atoms with E-state index in [-0.39, 0.29) is 12.5 Å². The summed E-state index contributed by atoms with van der Waals surface area (Å²) in [6, 6.07) is 15.0. The van der Waals surface area contributed by atoms with E-state index in [1.807, 2.05) is 55.5 Å². The molecule has 5 nitrogen and oxygen atoms in total. The predicted octanol–water partition coefficient (Wildman–Crippen LogP) is 4.31. The Hall–Kier alpha value is -2.69. The van der Waals surface area contributed by atoms with Crippen molar-refractivity contribution in [2.75, 3.05) is 30.4 Å². The number of rotatable bonds is 10. The molecule has 0 unspecified atom stereocenters. The van der Waals surface area contributed by atoms with E-state index in [1.54, 1.807) is 0 Å². The van der Waals surface area contributed by atoms with E-state index >= 15 is 0 Å². The van der Waals surface area contributed by atoms with E-state index < -0.39 is 0 Å². The van der Waals surface area contributed by atoms with Gasteiger partial charge in [0.1, 0.15) is 11.5 Å². The zero-order valence-corrected chi connectivity index (χ0v) is 14.9. The number of ether oxygens (including phenoxy) is 2. The fraction of sp³-hybridized carbons (Fsp3) is 0.350. The van der Waals surface area contributed by atoms with Gasteiger partial charge in [0, 0.05) is 17.4 Å². The van der Waals surface area contributed by atoms with Crippen LogP contribution in [0, 0.1) is 0 Å². The minimum absolute atomic E-state index is 0.114. The number of hydrogen-bond donors (Lipinski definition) is 2. The Morgan fingerprint density at radius 1 is 0.960 bits per heavy atom. The summed E-state index contributed by atoms with van der Waals surface area (Å²) in [5.74, 6) is 1.47. The number of anilines is 2. The monoisotopic (exact) mass is 342 g/mol. The lowest BCUT2D eigenvalue weighted by molar-refractivity contribution is -0.114. The SMILES string of the molecule is CCCCOc1ccc(NCC(=O)Nc2cccc(OCC)c2)cc1. The molecule has 0 heterocycles. The number of amides is 1. The van der Waals surface area contributed by atoms with E-state index in [9.17, 15) is 4.79 Å². The summed E-state index contributed by atoms with van der Waals surface area (Å²) in [6.07, 6.45) is 2.16. The fourth-order valence-electron chi connectivity index (χ4n) is 2.22. The van der Waals surface area contributed by atoms with Crippen LogP contribution in [-0.2, 0) is 4.79 Å². The number of carbonyl (C=O) groups excluding carboxylic acids is 1. The molecule has 134 valence electrons. The van der Waals surface area contributed by atoms with Gasteiger partial charge in [-0.1, -0.05) is 19.4 Å². The standard InChI is InChI=1S/C20H26N2O3/c1-3-5-13-25-18-11-9-16(10-12-18)21-15-20(23)22-17-7-6-8-19(14-17)24-4-2/h6-12,14,21H,3-5,13,15H2,1-2H3,(H,22,23). The van der Waals surface area contributed by atoms with Gasteiger partial charge in [-0.2, -0.15) is 0 Å². The van der Waals surface area contributed by atoms with Gasteiger partial charge in [0.15, 0.2) is 0 Å². The van der Waals surface area contributed by atoms with Crippen molar-refractivity contribution in [1.82, 2.24) is 0 Å². The number of hydrogen-bond acceptors (Lipinski definition) is 4. The summed E-state index contributed by atoms with van der Waals surface area (Å²) in [7, 11) is 0. The molecule has 0 aromatic heterocycles. The molecule has 0 bridgehead atoms. The average molecular weight is 342 g/mol. The Morgan fingerprint density at radius 2 is 1.76 bits per heavy atom. The maximum Gasteiger partial charge on any atom is 0.243 e. The Labute approximate surface area is 149 Å². The van der Waals surface area contributed by atoms with E-state index in [4.69, 9.17) is 9.47 Å². The first-order chi connectivity index (χ1) is 12.2. The summed E-state index contributed by atoms with van der Waals surface area (Å²) < 4.78 is 11.0. The van der Waals surface area contributed by atoms with Gasteiger partial charge in [0.05, 0.1) is 19.8 Å². The molecule has 2 rings (SSSR count). The quantitative estimate of drug-likeness (QED) is 0.632. The van der Waals surface area contributed by atoms with E-state index in [0.29, 0.717) is 6.61 Å². The van der Waals surface area contributed by atoms with Gasteiger partial charge in [-0.3, -0.25) is 4.79 Å². The maximum absolute atomic E-state index is 12.1. The highest BCUT2D eigenvalue weighted by atomic mass is 16.5. The Bertz CT molecular complexity index is 656. The smallest absolute Gasteiger partial charge is 0.243 e. The van der Waals surface area contributed by atoms with Gasteiger partial charge in [-0.25, -0.2) is 0 Å². The molecule has 0 atom stereocenters. The van der Waals surface area contributed by atoms with Crippen LogP contribution in [0.5, 0.6) is 11.5 Å². The van der Waals surface area contributed by atoms with Crippen molar-refractivity contribution in [3.63, 3.8) is 0 Å². The third-order valence-corrected chi connectivity index (χ3v) is 3.50. The summed E-state index contributed by atoms with van der Waals surface area (Å²) in [5.41, 5.74) is 1.60. The normalized spacial score (nSPS) is 10.2. The molecule has 0 saturated heterocycles. The molecule has 0 radical (unpaired) electrons. The minimum atomic E-state index is -0.114. The van der Waals surface area contributed by atoms with Crippen molar-refractivity contribution >= 4 is 17.3 Å². The summed E-state index contributed by atoms with van der Waals surface area (Å²) in [4.78, 5) is 12.1. The van der Waals surface area contributed by atoms with Crippen LogP contribution in [0.15, 0.2) is 48.5 Å². The van der Waals surface area contributed by atoms with Crippen LogP contribution in [-0.4, -0.2) is 25.7 Å². The Kier molecular flexibility index (Phi) is 7.63. The van der Waals surface area contributed by atoms with Crippen LogP contribution in [0.1, 0.15) is 26.7 Å². The van der Waals surface area contributed by atoms with E-state index in [1.165, 1.54) is 0 Å². The summed E-state index contributed by atoms with van der Waals surface area (Å²) in [5, 5.41) is 5.95. The maximum atomic E-state index is 12.1. The van der Waals surface area contributed by atoms with Crippen molar-refractivity contribution in [2.24, 2.45) is 0 Å². The fourth-order valence-corrected chi connectivity index (χ4v) is 2.22. The van der Waals surface area contributed by atoms with Gasteiger partial charge >= 0.3 is 0 Å². The molecule has 0 aliphatic rings. The molecular weight excluding hydrogens is 316 g/mol. The van der Waals surface area contributed by atoms with E-state index in [0.717, 1.165) is 42.3 Å². The molecule has 2 aromatic carbocycles. The molecule has 1 amide bonds. The van der Waals surface area contributed by atoms with Gasteiger partial charge in [0.2, 0.25) is 5.91 Å². The highest BCUT2D eigenvalue weighted by molar-refractivity contribution is 5.93. The molecule has 0 saturated carbocycles. The molecule has 0 aliphatic heterocycles. The van der Waals surface area contributed by atoms with Crippen LogP contribution in [0.3, 0.4) is 0 Å². The number of unbranched alkanes of at least 4 members (excludes halogenated alkanes) is 1. The molecule has 2 N–H and O–H groups in total. The van der Waals surface area contributed by atoms with Crippen LogP contribution < -0.4 is 20.1 Å². The zero-order chi connectivity index (χ0) is 17.9. The molecule has 0 aliphatic carbocycles. The first kappa shape index (κ1) is 18.6. The summed E-state index contributed by atoms with van der Waals surface area (Å²) >= 11 is 0. The Morgan fingerprint density at radius 3 is 2.48 bits per heavy atom. The predicted molar refractivity (Wildman–Crippen MR) is 102 cm³/mol.